The molecular formula is C17H22N2O2. The van der Waals surface area contributed by atoms with Crippen LogP contribution in [-0.4, -0.2) is 28.6 Å². The van der Waals surface area contributed by atoms with Gasteiger partial charge < -0.3 is 15.4 Å². The van der Waals surface area contributed by atoms with Crippen LogP contribution in [0.1, 0.15) is 31.2 Å². The second-order valence-corrected chi connectivity index (χ2v) is 5.86. The average molecular weight is 286 g/mol. The lowest BCUT2D eigenvalue weighted by Crippen LogP contribution is -2.35. The van der Waals surface area contributed by atoms with Gasteiger partial charge in [0.05, 0.1) is 12.0 Å². The van der Waals surface area contributed by atoms with E-state index in [9.17, 15) is 9.90 Å². The summed E-state index contributed by atoms with van der Waals surface area (Å²) in [5, 5.41) is 13.9. The van der Waals surface area contributed by atoms with Crippen LogP contribution in [0, 0.1) is 5.92 Å². The highest BCUT2D eigenvalue weighted by Crippen LogP contribution is 2.25. The Morgan fingerprint density at radius 3 is 3.00 bits per heavy atom. The van der Waals surface area contributed by atoms with E-state index in [4.69, 9.17) is 0 Å². The van der Waals surface area contributed by atoms with Crippen molar-refractivity contribution >= 4 is 16.8 Å². The van der Waals surface area contributed by atoms with E-state index in [2.05, 4.69) is 22.4 Å². The number of carbonyl (C=O) groups is 1. The van der Waals surface area contributed by atoms with Crippen molar-refractivity contribution in [1.29, 1.82) is 0 Å². The quantitative estimate of drug-likeness (QED) is 0.739. The van der Waals surface area contributed by atoms with Crippen LogP contribution in [0.2, 0.25) is 0 Å². The molecule has 0 bridgehead atoms. The summed E-state index contributed by atoms with van der Waals surface area (Å²) in [7, 11) is 0. The number of aryl methyl sites for hydroxylation is 1. The summed E-state index contributed by atoms with van der Waals surface area (Å²) in [5.41, 5.74) is 2.45. The Labute approximate surface area is 124 Å². The number of amides is 1. The molecule has 4 nitrogen and oxygen atoms in total. The number of H-pyrrole nitrogens is 1. The first-order chi connectivity index (χ1) is 10.3. The van der Waals surface area contributed by atoms with Crippen LogP contribution in [0.5, 0.6) is 0 Å². The first-order valence-electron chi connectivity index (χ1n) is 7.76. The number of hydrogen-bond acceptors (Lipinski definition) is 2. The molecule has 3 N–H and O–H groups in total. The van der Waals surface area contributed by atoms with Crippen molar-refractivity contribution in [1.82, 2.24) is 10.3 Å². The maximum absolute atomic E-state index is 12.0. The maximum atomic E-state index is 12.0. The third-order valence-corrected chi connectivity index (χ3v) is 4.41. The standard InChI is InChI=1S/C17H22N2O2/c20-16-9-3-7-14(16)17(21)18-10-4-5-12-11-19-15-8-2-1-6-13(12)15/h1-2,6,8,11,14,16,19-20H,3-5,7,9-10H2,(H,18,21). The maximum Gasteiger partial charge on any atom is 0.225 e. The number of aromatic nitrogens is 1. The topological polar surface area (TPSA) is 65.1 Å². The summed E-state index contributed by atoms with van der Waals surface area (Å²) in [6.07, 6.45) is 5.98. The average Bonchev–Trinajstić information content (AvgIpc) is 3.10. The molecule has 0 saturated heterocycles. The Morgan fingerprint density at radius 1 is 1.33 bits per heavy atom. The molecule has 0 aliphatic heterocycles. The number of aromatic amines is 1. The molecule has 112 valence electrons. The normalized spacial score (nSPS) is 21.8. The number of rotatable bonds is 5. The Kier molecular flexibility index (Phi) is 4.25. The summed E-state index contributed by atoms with van der Waals surface area (Å²) in [6, 6.07) is 8.26. The van der Waals surface area contributed by atoms with Crippen LogP contribution in [0.25, 0.3) is 10.9 Å². The smallest absolute Gasteiger partial charge is 0.225 e. The molecule has 2 atom stereocenters. The van der Waals surface area contributed by atoms with Gasteiger partial charge in [0.1, 0.15) is 0 Å². The van der Waals surface area contributed by atoms with E-state index in [1.165, 1.54) is 10.9 Å². The van der Waals surface area contributed by atoms with E-state index in [-0.39, 0.29) is 11.8 Å². The molecule has 0 radical (unpaired) electrons. The number of nitrogens with one attached hydrogen (secondary N) is 2. The van der Waals surface area contributed by atoms with Gasteiger partial charge in [-0.25, -0.2) is 0 Å². The van der Waals surface area contributed by atoms with Crippen molar-refractivity contribution in [3.63, 3.8) is 0 Å². The zero-order chi connectivity index (χ0) is 14.7. The molecule has 1 saturated carbocycles. The minimum Gasteiger partial charge on any atom is -0.392 e. The number of carbonyl (C=O) groups excluding carboxylic acids is 1. The SMILES string of the molecule is O=C(NCCCc1c[nH]c2ccccc12)C1CCCC1O. The summed E-state index contributed by atoms with van der Waals surface area (Å²) >= 11 is 0. The number of aliphatic hydroxyl groups excluding tert-OH is 1. The van der Waals surface area contributed by atoms with E-state index in [0.29, 0.717) is 6.54 Å². The van der Waals surface area contributed by atoms with Crippen LogP contribution < -0.4 is 5.32 Å². The highest BCUT2D eigenvalue weighted by molar-refractivity contribution is 5.83. The first kappa shape index (κ1) is 14.1. The molecule has 1 aliphatic carbocycles. The van der Waals surface area contributed by atoms with Crippen LogP contribution >= 0.6 is 0 Å². The number of aliphatic hydroxyl groups is 1. The fraction of sp³-hybridized carbons (Fsp3) is 0.471. The Balaban J connectivity index is 1.47. The minimum absolute atomic E-state index is 0.0129. The third-order valence-electron chi connectivity index (χ3n) is 4.41. The Bertz CT molecular complexity index is 620. The number of fused-ring (bicyclic) bond motifs is 1. The number of para-hydroxylation sites is 1. The molecule has 3 rings (SSSR count). The molecule has 1 aromatic carbocycles. The molecule has 2 unspecified atom stereocenters. The second kappa shape index (κ2) is 6.31. The first-order valence-corrected chi connectivity index (χ1v) is 7.76. The van der Waals surface area contributed by atoms with Crippen molar-refractivity contribution in [3.8, 4) is 0 Å². The highest BCUT2D eigenvalue weighted by Gasteiger charge is 2.30. The van der Waals surface area contributed by atoms with Crippen molar-refractivity contribution < 1.29 is 9.90 Å². The van der Waals surface area contributed by atoms with Crippen LogP contribution in [0.15, 0.2) is 30.5 Å². The van der Waals surface area contributed by atoms with Crippen molar-refractivity contribution in [3.05, 3.63) is 36.0 Å². The molecule has 1 aliphatic rings. The summed E-state index contributed by atoms with van der Waals surface area (Å²) < 4.78 is 0. The molecule has 0 spiro atoms. The predicted octanol–water partition coefficient (Wildman–Crippen LogP) is 2.38. The molecule has 1 amide bonds. The van der Waals surface area contributed by atoms with Crippen molar-refractivity contribution in [2.75, 3.05) is 6.54 Å². The summed E-state index contributed by atoms with van der Waals surface area (Å²) in [5.74, 6) is -0.183. The van der Waals surface area contributed by atoms with Crippen LogP contribution in [0.4, 0.5) is 0 Å². The zero-order valence-electron chi connectivity index (χ0n) is 12.1. The highest BCUT2D eigenvalue weighted by atomic mass is 16.3. The van der Waals surface area contributed by atoms with Crippen molar-refractivity contribution in [2.45, 2.75) is 38.2 Å². The van der Waals surface area contributed by atoms with Gasteiger partial charge in [-0.1, -0.05) is 18.2 Å². The number of hydrogen-bond donors (Lipinski definition) is 3. The Morgan fingerprint density at radius 2 is 2.19 bits per heavy atom. The summed E-state index contributed by atoms with van der Waals surface area (Å²) in [6.45, 7) is 0.668. The molecule has 1 fully saturated rings. The van der Waals surface area contributed by atoms with E-state index in [1.54, 1.807) is 0 Å². The summed E-state index contributed by atoms with van der Waals surface area (Å²) in [4.78, 5) is 15.2. The fourth-order valence-corrected chi connectivity index (χ4v) is 3.21. The minimum atomic E-state index is -0.446. The lowest BCUT2D eigenvalue weighted by Gasteiger charge is -2.14. The fourth-order valence-electron chi connectivity index (χ4n) is 3.21. The van der Waals surface area contributed by atoms with E-state index in [0.717, 1.165) is 37.6 Å². The van der Waals surface area contributed by atoms with Crippen molar-refractivity contribution in [2.24, 2.45) is 5.92 Å². The predicted molar refractivity (Wildman–Crippen MR) is 83.0 cm³/mol. The Hall–Kier alpha value is -1.81. The lowest BCUT2D eigenvalue weighted by atomic mass is 10.0. The van der Waals surface area contributed by atoms with E-state index >= 15 is 0 Å². The largest absolute Gasteiger partial charge is 0.392 e. The van der Waals surface area contributed by atoms with Gasteiger partial charge in [-0.05, 0) is 43.7 Å². The van der Waals surface area contributed by atoms with Gasteiger partial charge in [-0.3, -0.25) is 4.79 Å². The lowest BCUT2D eigenvalue weighted by molar-refractivity contribution is -0.127. The molecule has 4 heteroatoms. The number of benzene rings is 1. The van der Waals surface area contributed by atoms with Gasteiger partial charge in [0.25, 0.3) is 0 Å². The van der Waals surface area contributed by atoms with Gasteiger partial charge in [0.2, 0.25) is 5.91 Å². The van der Waals surface area contributed by atoms with E-state index < -0.39 is 6.10 Å². The third kappa shape index (κ3) is 3.10. The molecule has 21 heavy (non-hydrogen) atoms. The van der Waals surface area contributed by atoms with E-state index in [1.807, 2.05) is 18.3 Å². The van der Waals surface area contributed by atoms with Gasteiger partial charge in [0, 0.05) is 23.6 Å². The monoisotopic (exact) mass is 286 g/mol. The van der Waals surface area contributed by atoms with Crippen LogP contribution in [0.3, 0.4) is 0 Å². The zero-order valence-corrected chi connectivity index (χ0v) is 12.1. The van der Waals surface area contributed by atoms with Gasteiger partial charge in [-0.2, -0.15) is 0 Å². The van der Waals surface area contributed by atoms with Gasteiger partial charge >= 0.3 is 0 Å². The molecule has 1 aromatic heterocycles. The molecule has 2 aromatic rings. The molecular weight excluding hydrogens is 264 g/mol. The molecule has 1 heterocycles. The van der Waals surface area contributed by atoms with Gasteiger partial charge in [-0.15, -0.1) is 0 Å². The van der Waals surface area contributed by atoms with Gasteiger partial charge in [0.15, 0.2) is 0 Å². The van der Waals surface area contributed by atoms with Crippen LogP contribution in [-0.2, 0) is 11.2 Å². The second-order valence-electron chi connectivity index (χ2n) is 5.86.